The van der Waals surface area contributed by atoms with Gasteiger partial charge in [0.05, 0.1) is 7.11 Å². The highest BCUT2D eigenvalue weighted by Gasteiger charge is 2.11. The van der Waals surface area contributed by atoms with Crippen LogP contribution in [0, 0.1) is 5.82 Å². The molecule has 0 aliphatic rings. The van der Waals surface area contributed by atoms with Crippen LogP contribution < -0.4 is 10.1 Å². The lowest BCUT2D eigenvalue weighted by Crippen LogP contribution is -2.10. The van der Waals surface area contributed by atoms with Crippen molar-refractivity contribution >= 4 is 0 Å². The number of nitrogens with zero attached hydrogens (tertiary/aromatic N) is 2. The summed E-state index contributed by atoms with van der Waals surface area (Å²) in [6.07, 6.45) is 0.679. The van der Waals surface area contributed by atoms with E-state index in [1.165, 1.54) is 19.2 Å². The fraction of sp³-hybridized carbons (Fsp3) is 0.333. The summed E-state index contributed by atoms with van der Waals surface area (Å²) in [5.74, 6) is 0.709. The van der Waals surface area contributed by atoms with Gasteiger partial charge in [0.25, 0.3) is 5.89 Å². The van der Waals surface area contributed by atoms with Crippen LogP contribution in [0.25, 0.3) is 11.5 Å². The lowest BCUT2D eigenvalue weighted by Gasteiger charge is -2.02. The van der Waals surface area contributed by atoms with Gasteiger partial charge in [0.15, 0.2) is 17.4 Å². The minimum atomic E-state index is -0.420. The van der Waals surface area contributed by atoms with Crippen LogP contribution in [0.1, 0.15) is 5.82 Å². The first-order valence-corrected chi connectivity index (χ1v) is 5.55. The van der Waals surface area contributed by atoms with Gasteiger partial charge in [-0.1, -0.05) is 5.16 Å². The van der Waals surface area contributed by atoms with E-state index in [-0.39, 0.29) is 5.75 Å². The van der Waals surface area contributed by atoms with E-state index in [1.807, 2.05) is 7.05 Å². The Morgan fingerprint density at radius 2 is 2.28 bits per heavy atom. The van der Waals surface area contributed by atoms with E-state index in [2.05, 4.69) is 15.5 Å². The quantitative estimate of drug-likeness (QED) is 0.875. The molecule has 6 heteroatoms. The molecule has 2 rings (SSSR count). The van der Waals surface area contributed by atoms with Gasteiger partial charge in [-0.15, -0.1) is 0 Å². The van der Waals surface area contributed by atoms with Crippen molar-refractivity contribution in [1.29, 1.82) is 0 Å². The third-order valence-corrected chi connectivity index (χ3v) is 2.46. The summed E-state index contributed by atoms with van der Waals surface area (Å²) in [4.78, 5) is 4.23. The van der Waals surface area contributed by atoms with Crippen LogP contribution >= 0.6 is 0 Å². The Labute approximate surface area is 104 Å². The fourth-order valence-corrected chi connectivity index (χ4v) is 1.50. The number of methoxy groups -OCH3 is 1. The van der Waals surface area contributed by atoms with Crippen molar-refractivity contribution in [3.8, 4) is 17.2 Å². The Balaban J connectivity index is 2.23. The Kier molecular flexibility index (Phi) is 3.88. The van der Waals surface area contributed by atoms with Crippen molar-refractivity contribution < 1.29 is 13.7 Å². The van der Waals surface area contributed by atoms with Gasteiger partial charge in [-0.2, -0.15) is 4.98 Å². The van der Waals surface area contributed by atoms with Crippen LogP contribution in [-0.4, -0.2) is 30.8 Å². The standard InChI is InChI=1S/C12H14FN3O2/c1-14-6-5-11-15-12(18-16-11)8-3-4-9(13)10(7-8)17-2/h3-4,7,14H,5-6H2,1-2H3. The highest BCUT2D eigenvalue weighted by molar-refractivity contribution is 5.55. The third-order valence-electron chi connectivity index (χ3n) is 2.46. The number of hydrogen-bond acceptors (Lipinski definition) is 5. The van der Waals surface area contributed by atoms with Gasteiger partial charge < -0.3 is 14.6 Å². The maximum Gasteiger partial charge on any atom is 0.258 e. The van der Waals surface area contributed by atoms with Crippen LogP contribution in [0.3, 0.4) is 0 Å². The van der Waals surface area contributed by atoms with Crippen molar-refractivity contribution in [2.24, 2.45) is 0 Å². The van der Waals surface area contributed by atoms with E-state index < -0.39 is 5.82 Å². The minimum absolute atomic E-state index is 0.155. The average Bonchev–Trinajstić information content (AvgIpc) is 2.85. The molecule has 0 aliphatic carbocycles. The Bertz CT molecular complexity index is 528. The number of rotatable bonds is 5. The first-order chi connectivity index (χ1) is 8.74. The molecule has 0 amide bonds. The predicted octanol–water partition coefficient (Wildman–Crippen LogP) is 1.65. The summed E-state index contributed by atoms with van der Waals surface area (Å²) < 4.78 is 23.3. The molecule has 0 bridgehead atoms. The average molecular weight is 251 g/mol. The maximum atomic E-state index is 13.3. The van der Waals surface area contributed by atoms with Gasteiger partial charge >= 0.3 is 0 Å². The van der Waals surface area contributed by atoms with Crippen LogP contribution in [0.5, 0.6) is 5.75 Å². The van der Waals surface area contributed by atoms with Gasteiger partial charge in [0.1, 0.15) is 0 Å². The first kappa shape index (κ1) is 12.5. The number of likely N-dealkylation sites (N-methyl/N-ethyl adjacent to an activating group) is 1. The van der Waals surface area contributed by atoms with Crippen molar-refractivity contribution in [2.45, 2.75) is 6.42 Å². The molecule has 0 fully saturated rings. The second-order valence-corrected chi connectivity index (χ2v) is 3.72. The zero-order valence-corrected chi connectivity index (χ0v) is 10.2. The topological polar surface area (TPSA) is 60.2 Å². The molecule has 0 atom stereocenters. The third kappa shape index (κ3) is 2.65. The molecule has 0 aliphatic heterocycles. The summed E-state index contributed by atoms with van der Waals surface area (Å²) in [6, 6.07) is 4.42. The summed E-state index contributed by atoms with van der Waals surface area (Å²) in [5, 5.41) is 6.85. The molecular formula is C12H14FN3O2. The largest absolute Gasteiger partial charge is 0.494 e. The van der Waals surface area contributed by atoms with E-state index in [0.29, 0.717) is 23.7 Å². The van der Waals surface area contributed by atoms with Crippen LogP contribution in [0.15, 0.2) is 22.7 Å². The molecule has 0 spiro atoms. The van der Waals surface area contributed by atoms with Crippen molar-refractivity contribution in [3.05, 3.63) is 29.8 Å². The van der Waals surface area contributed by atoms with E-state index in [1.54, 1.807) is 6.07 Å². The zero-order chi connectivity index (χ0) is 13.0. The SMILES string of the molecule is CNCCc1noc(-c2ccc(F)c(OC)c2)n1. The van der Waals surface area contributed by atoms with E-state index >= 15 is 0 Å². The second-order valence-electron chi connectivity index (χ2n) is 3.72. The number of ether oxygens (including phenoxy) is 1. The van der Waals surface area contributed by atoms with Crippen molar-refractivity contribution in [1.82, 2.24) is 15.5 Å². The van der Waals surface area contributed by atoms with Gasteiger partial charge in [0, 0.05) is 18.5 Å². The number of hydrogen-bond donors (Lipinski definition) is 1. The first-order valence-electron chi connectivity index (χ1n) is 5.55. The van der Waals surface area contributed by atoms with Crippen LogP contribution in [0.4, 0.5) is 4.39 Å². The zero-order valence-electron chi connectivity index (χ0n) is 10.2. The number of nitrogens with one attached hydrogen (secondary N) is 1. The molecule has 1 aromatic carbocycles. The molecule has 0 saturated heterocycles. The smallest absolute Gasteiger partial charge is 0.258 e. The maximum absolute atomic E-state index is 13.3. The van der Waals surface area contributed by atoms with Crippen molar-refractivity contribution in [2.75, 3.05) is 20.7 Å². The second kappa shape index (κ2) is 5.59. The molecule has 0 unspecified atom stereocenters. The van der Waals surface area contributed by atoms with E-state index in [9.17, 15) is 4.39 Å². The molecule has 18 heavy (non-hydrogen) atoms. The minimum Gasteiger partial charge on any atom is -0.494 e. The summed E-state index contributed by atoms with van der Waals surface area (Å²) in [5.41, 5.74) is 0.636. The van der Waals surface area contributed by atoms with E-state index in [0.717, 1.165) is 6.54 Å². The highest BCUT2D eigenvalue weighted by atomic mass is 19.1. The summed E-state index contributed by atoms with van der Waals surface area (Å²) in [7, 11) is 3.26. The van der Waals surface area contributed by atoms with Gasteiger partial charge in [-0.3, -0.25) is 0 Å². The molecule has 2 aromatic rings. The normalized spacial score (nSPS) is 10.6. The highest BCUT2D eigenvalue weighted by Crippen LogP contribution is 2.25. The van der Waals surface area contributed by atoms with Crippen LogP contribution in [0.2, 0.25) is 0 Å². The summed E-state index contributed by atoms with van der Waals surface area (Å²) >= 11 is 0. The van der Waals surface area contributed by atoms with Crippen molar-refractivity contribution in [3.63, 3.8) is 0 Å². The number of benzene rings is 1. The Morgan fingerprint density at radius 3 is 3.00 bits per heavy atom. The lowest BCUT2D eigenvalue weighted by molar-refractivity contribution is 0.386. The van der Waals surface area contributed by atoms with E-state index in [4.69, 9.17) is 9.26 Å². The molecule has 1 heterocycles. The molecule has 1 aromatic heterocycles. The predicted molar refractivity (Wildman–Crippen MR) is 63.9 cm³/mol. The van der Waals surface area contributed by atoms with Gasteiger partial charge in [-0.05, 0) is 25.2 Å². The Hall–Kier alpha value is -1.95. The van der Waals surface area contributed by atoms with Crippen LogP contribution in [-0.2, 0) is 6.42 Å². The molecule has 5 nitrogen and oxygen atoms in total. The molecule has 0 saturated carbocycles. The Morgan fingerprint density at radius 1 is 1.44 bits per heavy atom. The number of aromatic nitrogens is 2. The number of halogens is 1. The van der Waals surface area contributed by atoms with Gasteiger partial charge in [0.2, 0.25) is 0 Å². The molecule has 96 valence electrons. The summed E-state index contributed by atoms with van der Waals surface area (Å²) in [6.45, 7) is 0.770. The molecule has 1 N–H and O–H groups in total. The fourth-order valence-electron chi connectivity index (χ4n) is 1.50. The van der Waals surface area contributed by atoms with Gasteiger partial charge in [-0.25, -0.2) is 4.39 Å². The lowest BCUT2D eigenvalue weighted by atomic mass is 10.2. The molecular weight excluding hydrogens is 237 g/mol. The monoisotopic (exact) mass is 251 g/mol. The molecule has 0 radical (unpaired) electrons.